The molecule has 0 aromatic heterocycles. The van der Waals surface area contributed by atoms with E-state index in [4.69, 9.17) is 0 Å². The fourth-order valence-corrected chi connectivity index (χ4v) is 4.93. The Bertz CT molecular complexity index is 913. The fraction of sp³-hybridized carbons (Fsp3) is 0.381. The number of amides is 1. The van der Waals surface area contributed by atoms with Crippen LogP contribution in [0.25, 0.3) is 0 Å². The van der Waals surface area contributed by atoms with Crippen molar-refractivity contribution >= 4 is 21.6 Å². The Morgan fingerprint density at radius 1 is 0.926 bits per heavy atom. The number of anilines is 1. The van der Waals surface area contributed by atoms with Crippen molar-refractivity contribution in [3.8, 4) is 0 Å². The van der Waals surface area contributed by atoms with Crippen molar-refractivity contribution in [1.82, 2.24) is 4.31 Å². The number of carbonyl (C=O) groups is 1. The summed E-state index contributed by atoms with van der Waals surface area (Å²) in [7, 11) is -3.47. The van der Waals surface area contributed by atoms with E-state index in [0.717, 1.165) is 36.8 Å². The van der Waals surface area contributed by atoms with Crippen LogP contribution in [0.4, 0.5) is 5.69 Å². The zero-order valence-corrected chi connectivity index (χ0v) is 16.7. The Labute approximate surface area is 161 Å². The molecule has 2 aromatic carbocycles. The minimum Gasteiger partial charge on any atom is -0.322 e. The van der Waals surface area contributed by atoms with Gasteiger partial charge in [0.1, 0.15) is 0 Å². The lowest BCUT2D eigenvalue weighted by atomic mass is 10.1. The molecule has 0 bridgehead atoms. The second-order valence-electron chi connectivity index (χ2n) is 7.12. The first kappa shape index (κ1) is 19.6. The third kappa shape index (κ3) is 4.57. The van der Waals surface area contributed by atoms with E-state index in [-0.39, 0.29) is 10.8 Å². The third-order valence-corrected chi connectivity index (χ3v) is 6.85. The molecule has 6 heteroatoms. The normalized spacial score (nSPS) is 15.9. The number of aryl methyl sites for hydroxylation is 2. The number of hydrogen-bond donors (Lipinski definition) is 1. The predicted octanol–water partition coefficient (Wildman–Crippen LogP) is 4.12. The molecule has 144 valence electrons. The largest absolute Gasteiger partial charge is 0.322 e. The molecule has 27 heavy (non-hydrogen) atoms. The van der Waals surface area contributed by atoms with Crippen LogP contribution in [0, 0.1) is 13.8 Å². The van der Waals surface area contributed by atoms with Crippen LogP contribution in [-0.4, -0.2) is 31.7 Å². The van der Waals surface area contributed by atoms with Crippen LogP contribution in [0.3, 0.4) is 0 Å². The van der Waals surface area contributed by atoms with Crippen LogP contribution in [0.5, 0.6) is 0 Å². The van der Waals surface area contributed by atoms with Crippen LogP contribution >= 0.6 is 0 Å². The topological polar surface area (TPSA) is 66.5 Å². The van der Waals surface area contributed by atoms with E-state index in [1.807, 2.05) is 26.0 Å². The third-order valence-electron chi connectivity index (χ3n) is 4.94. The number of nitrogens with zero attached hydrogens (tertiary/aromatic N) is 1. The zero-order valence-electron chi connectivity index (χ0n) is 15.9. The molecule has 1 aliphatic rings. The Morgan fingerprint density at radius 2 is 1.56 bits per heavy atom. The van der Waals surface area contributed by atoms with E-state index in [0.29, 0.717) is 24.3 Å². The zero-order chi connectivity index (χ0) is 19.4. The van der Waals surface area contributed by atoms with E-state index in [9.17, 15) is 13.2 Å². The second-order valence-corrected chi connectivity index (χ2v) is 9.05. The summed E-state index contributed by atoms with van der Waals surface area (Å²) in [5.74, 6) is -0.198. The summed E-state index contributed by atoms with van der Waals surface area (Å²) in [4.78, 5) is 12.7. The van der Waals surface area contributed by atoms with E-state index in [1.54, 1.807) is 34.6 Å². The highest BCUT2D eigenvalue weighted by atomic mass is 32.2. The van der Waals surface area contributed by atoms with Crippen molar-refractivity contribution in [1.29, 1.82) is 0 Å². The van der Waals surface area contributed by atoms with Crippen molar-refractivity contribution in [2.24, 2.45) is 0 Å². The summed E-state index contributed by atoms with van der Waals surface area (Å²) < 4.78 is 27.2. The highest BCUT2D eigenvalue weighted by Gasteiger charge is 2.25. The van der Waals surface area contributed by atoms with E-state index in [2.05, 4.69) is 5.32 Å². The number of benzene rings is 2. The maximum atomic E-state index is 12.8. The van der Waals surface area contributed by atoms with Crippen LogP contribution < -0.4 is 5.32 Å². The lowest BCUT2D eigenvalue weighted by molar-refractivity contribution is 0.102. The lowest BCUT2D eigenvalue weighted by Crippen LogP contribution is -2.31. The average molecular weight is 387 g/mol. The molecule has 5 nitrogen and oxygen atoms in total. The van der Waals surface area contributed by atoms with Crippen molar-refractivity contribution < 1.29 is 13.2 Å². The Morgan fingerprint density at radius 3 is 2.15 bits per heavy atom. The van der Waals surface area contributed by atoms with Crippen LogP contribution in [0.2, 0.25) is 0 Å². The molecule has 0 spiro atoms. The van der Waals surface area contributed by atoms with Crippen LogP contribution in [0.15, 0.2) is 47.4 Å². The Kier molecular flexibility index (Phi) is 5.97. The van der Waals surface area contributed by atoms with Gasteiger partial charge in [0.05, 0.1) is 4.90 Å². The molecule has 1 N–H and O–H groups in total. The van der Waals surface area contributed by atoms with Crippen molar-refractivity contribution in [2.45, 2.75) is 44.4 Å². The van der Waals surface area contributed by atoms with Gasteiger partial charge in [-0.25, -0.2) is 8.42 Å². The van der Waals surface area contributed by atoms with Gasteiger partial charge in [-0.15, -0.1) is 0 Å². The molecule has 1 amide bonds. The smallest absolute Gasteiger partial charge is 0.255 e. The van der Waals surface area contributed by atoms with Crippen LogP contribution in [0.1, 0.15) is 47.2 Å². The van der Waals surface area contributed by atoms with E-state index < -0.39 is 10.0 Å². The highest BCUT2D eigenvalue weighted by Crippen LogP contribution is 2.22. The number of rotatable bonds is 4. The molecule has 1 heterocycles. The molecule has 0 radical (unpaired) electrons. The molecule has 1 fully saturated rings. The van der Waals surface area contributed by atoms with E-state index >= 15 is 0 Å². The van der Waals surface area contributed by atoms with Gasteiger partial charge in [-0.2, -0.15) is 4.31 Å². The van der Waals surface area contributed by atoms with Crippen molar-refractivity contribution in [2.75, 3.05) is 18.4 Å². The van der Waals surface area contributed by atoms with Gasteiger partial charge in [-0.3, -0.25) is 4.79 Å². The number of sulfonamides is 1. The van der Waals surface area contributed by atoms with Gasteiger partial charge < -0.3 is 5.32 Å². The quantitative estimate of drug-likeness (QED) is 0.859. The average Bonchev–Trinajstić information content (AvgIpc) is 2.92. The van der Waals surface area contributed by atoms with E-state index in [1.165, 1.54) is 0 Å². The first-order valence-electron chi connectivity index (χ1n) is 9.37. The molecule has 0 saturated carbocycles. The molecule has 0 atom stereocenters. The number of nitrogens with one attached hydrogen (secondary N) is 1. The molecule has 2 aromatic rings. The van der Waals surface area contributed by atoms with Gasteiger partial charge in [0.25, 0.3) is 5.91 Å². The molecule has 1 aliphatic heterocycles. The summed E-state index contributed by atoms with van der Waals surface area (Å²) in [5.41, 5.74) is 3.21. The van der Waals surface area contributed by atoms with Gasteiger partial charge in [-0.1, -0.05) is 30.5 Å². The molecule has 0 aliphatic carbocycles. The SMILES string of the molecule is Cc1ccc(C(=O)Nc2ccc(S(=O)(=O)N3CCCCCC3)cc2)c(C)c1. The Hall–Kier alpha value is -2.18. The standard InChI is InChI=1S/C21H26N2O3S/c1-16-7-12-20(17(2)15-16)21(24)22-18-8-10-19(11-9-18)27(25,26)23-13-5-3-4-6-14-23/h7-12,15H,3-6,13-14H2,1-2H3,(H,22,24). The van der Waals surface area contributed by atoms with Gasteiger partial charge in [0.2, 0.25) is 10.0 Å². The summed E-state index contributed by atoms with van der Waals surface area (Å²) in [6.45, 7) is 5.04. The maximum absolute atomic E-state index is 12.8. The summed E-state index contributed by atoms with van der Waals surface area (Å²) >= 11 is 0. The van der Waals surface area contributed by atoms with Gasteiger partial charge in [0.15, 0.2) is 0 Å². The second kappa shape index (κ2) is 8.23. The summed E-state index contributed by atoms with van der Waals surface area (Å²) in [6, 6.07) is 12.1. The first-order chi connectivity index (χ1) is 12.9. The fourth-order valence-electron chi connectivity index (χ4n) is 3.41. The minimum absolute atomic E-state index is 0.198. The number of carbonyl (C=O) groups excluding carboxylic acids is 1. The Balaban J connectivity index is 1.74. The van der Waals surface area contributed by atoms with Gasteiger partial charge in [0, 0.05) is 24.3 Å². The highest BCUT2D eigenvalue weighted by molar-refractivity contribution is 7.89. The molecule has 0 unspecified atom stereocenters. The van der Waals surface area contributed by atoms with Gasteiger partial charge in [-0.05, 0) is 62.6 Å². The maximum Gasteiger partial charge on any atom is 0.255 e. The molecule has 1 saturated heterocycles. The molecular formula is C21H26N2O3S. The molecule has 3 rings (SSSR count). The van der Waals surface area contributed by atoms with Crippen molar-refractivity contribution in [3.05, 3.63) is 59.2 Å². The van der Waals surface area contributed by atoms with Gasteiger partial charge >= 0.3 is 0 Å². The summed E-state index contributed by atoms with van der Waals surface area (Å²) in [6.07, 6.45) is 3.97. The van der Waals surface area contributed by atoms with Crippen LogP contribution in [-0.2, 0) is 10.0 Å². The lowest BCUT2D eigenvalue weighted by Gasteiger charge is -2.20. The minimum atomic E-state index is -3.47. The predicted molar refractivity (Wildman–Crippen MR) is 108 cm³/mol. The first-order valence-corrected chi connectivity index (χ1v) is 10.8. The number of hydrogen-bond acceptors (Lipinski definition) is 3. The molecular weight excluding hydrogens is 360 g/mol. The summed E-state index contributed by atoms with van der Waals surface area (Å²) in [5, 5.41) is 2.84. The van der Waals surface area contributed by atoms with Crippen molar-refractivity contribution in [3.63, 3.8) is 0 Å². The monoisotopic (exact) mass is 386 g/mol.